The zero-order chi connectivity index (χ0) is 18.0. The van der Waals surface area contributed by atoms with Crippen molar-refractivity contribution >= 4 is 22.6 Å². The molecular weight excluding hydrogens is 312 g/mol. The first-order chi connectivity index (χ1) is 11.8. The number of carbonyl (C=O) groups excluding carboxylic acids is 1. The maximum Gasteiger partial charge on any atom is 0.407 e. The summed E-state index contributed by atoms with van der Waals surface area (Å²) in [6.07, 6.45) is 1.55. The predicted octanol–water partition coefficient (Wildman–Crippen LogP) is 4.64. The number of alkyl carbamates (subject to hydrolysis) is 1. The van der Waals surface area contributed by atoms with E-state index in [9.17, 15) is 4.79 Å². The zero-order valence-electron chi connectivity index (χ0n) is 15.6. The van der Waals surface area contributed by atoms with Gasteiger partial charge in [-0.25, -0.2) is 4.79 Å². The van der Waals surface area contributed by atoms with Gasteiger partial charge in [-0.05, 0) is 57.6 Å². The van der Waals surface area contributed by atoms with Gasteiger partial charge in [0.2, 0.25) is 0 Å². The van der Waals surface area contributed by atoms with Crippen LogP contribution in [0.2, 0.25) is 0 Å². The zero-order valence-corrected chi connectivity index (χ0v) is 15.6. The van der Waals surface area contributed by atoms with Gasteiger partial charge in [-0.3, -0.25) is 0 Å². The topological polar surface area (TPSA) is 41.6 Å². The van der Waals surface area contributed by atoms with Crippen molar-refractivity contribution in [3.8, 4) is 0 Å². The Bertz CT molecular complexity index is 751. The number of hydrogen-bond donors (Lipinski definition) is 1. The molecule has 1 aliphatic heterocycles. The number of ether oxygens (including phenoxy) is 1. The van der Waals surface area contributed by atoms with Crippen molar-refractivity contribution < 1.29 is 9.53 Å². The Balaban J connectivity index is 1.66. The minimum absolute atomic E-state index is 0.183. The highest BCUT2D eigenvalue weighted by molar-refractivity contribution is 5.96. The number of nitrogens with one attached hydrogen (secondary N) is 1. The van der Waals surface area contributed by atoms with E-state index in [2.05, 4.69) is 53.5 Å². The van der Waals surface area contributed by atoms with Gasteiger partial charge in [-0.15, -0.1) is 0 Å². The number of hydrogen-bond acceptors (Lipinski definition) is 3. The molecule has 0 aliphatic carbocycles. The van der Waals surface area contributed by atoms with Crippen LogP contribution in [0.15, 0.2) is 36.4 Å². The van der Waals surface area contributed by atoms with Crippen LogP contribution in [0.1, 0.15) is 39.2 Å². The van der Waals surface area contributed by atoms with Crippen molar-refractivity contribution in [2.45, 2.75) is 52.2 Å². The molecule has 1 fully saturated rings. The Kier molecular flexibility index (Phi) is 4.89. The Morgan fingerprint density at radius 1 is 1.12 bits per heavy atom. The van der Waals surface area contributed by atoms with Crippen molar-refractivity contribution in [3.63, 3.8) is 0 Å². The molecular formula is C21H28N2O2. The fraction of sp³-hybridized carbons (Fsp3) is 0.476. The number of rotatable bonds is 2. The number of aryl methyl sites for hydroxylation is 1. The van der Waals surface area contributed by atoms with Gasteiger partial charge in [0, 0.05) is 30.2 Å². The van der Waals surface area contributed by atoms with Crippen LogP contribution in [-0.4, -0.2) is 30.8 Å². The molecule has 0 bridgehead atoms. The molecule has 1 aliphatic rings. The molecule has 0 unspecified atom stereocenters. The van der Waals surface area contributed by atoms with Crippen LogP contribution in [0.3, 0.4) is 0 Å². The number of carbonyl (C=O) groups is 1. The SMILES string of the molecule is Cc1cccc2cccc(N3CCC(NC(=O)OC(C)(C)C)CC3)c12. The maximum atomic E-state index is 12.0. The molecule has 0 radical (unpaired) electrons. The summed E-state index contributed by atoms with van der Waals surface area (Å²) >= 11 is 0. The van der Waals surface area contributed by atoms with Gasteiger partial charge in [-0.1, -0.05) is 30.3 Å². The standard InChI is InChI=1S/C21H28N2O2/c1-15-7-5-8-16-9-6-10-18(19(15)16)23-13-11-17(12-14-23)22-20(24)25-21(2,3)4/h5-10,17H,11-14H2,1-4H3,(H,22,24). The van der Waals surface area contributed by atoms with E-state index in [0.717, 1.165) is 25.9 Å². The van der Waals surface area contributed by atoms with E-state index in [1.807, 2.05) is 20.8 Å². The normalized spacial score (nSPS) is 16.1. The van der Waals surface area contributed by atoms with Crippen molar-refractivity contribution in [1.29, 1.82) is 0 Å². The first kappa shape index (κ1) is 17.6. The van der Waals surface area contributed by atoms with Gasteiger partial charge in [-0.2, -0.15) is 0 Å². The third-order valence-electron chi connectivity index (χ3n) is 4.65. The van der Waals surface area contributed by atoms with E-state index in [-0.39, 0.29) is 12.1 Å². The van der Waals surface area contributed by atoms with E-state index in [4.69, 9.17) is 4.74 Å². The fourth-order valence-corrected chi connectivity index (χ4v) is 3.51. The number of nitrogens with zero attached hydrogens (tertiary/aromatic N) is 1. The molecule has 3 rings (SSSR count). The van der Waals surface area contributed by atoms with E-state index in [0.29, 0.717) is 0 Å². The molecule has 4 nitrogen and oxygen atoms in total. The maximum absolute atomic E-state index is 12.0. The summed E-state index contributed by atoms with van der Waals surface area (Å²) in [6.45, 7) is 9.71. The van der Waals surface area contributed by atoms with Gasteiger partial charge < -0.3 is 15.0 Å². The van der Waals surface area contributed by atoms with Crippen LogP contribution in [0.25, 0.3) is 10.8 Å². The average molecular weight is 340 g/mol. The highest BCUT2D eigenvalue weighted by atomic mass is 16.6. The predicted molar refractivity (Wildman–Crippen MR) is 103 cm³/mol. The third kappa shape index (κ3) is 4.25. The summed E-state index contributed by atoms with van der Waals surface area (Å²) in [5.41, 5.74) is 2.15. The highest BCUT2D eigenvalue weighted by Crippen LogP contribution is 2.31. The van der Waals surface area contributed by atoms with Crippen LogP contribution in [0, 0.1) is 6.92 Å². The number of benzene rings is 2. The average Bonchev–Trinajstić information content (AvgIpc) is 2.53. The first-order valence-electron chi connectivity index (χ1n) is 9.06. The van der Waals surface area contributed by atoms with E-state index in [1.54, 1.807) is 0 Å². The highest BCUT2D eigenvalue weighted by Gasteiger charge is 2.24. The Hall–Kier alpha value is -2.23. The van der Waals surface area contributed by atoms with Crippen LogP contribution in [-0.2, 0) is 4.74 Å². The summed E-state index contributed by atoms with van der Waals surface area (Å²) in [6, 6.07) is 13.1. The summed E-state index contributed by atoms with van der Waals surface area (Å²) < 4.78 is 5.36. The lowest BCUT2D eigenvalue weighted by Gasteiger charge is -2.35. The second-order valence-corrected chi connectivity index (χ2v) is 7.86. The summed E-state index contributed by atoms with van der Waals surface area (Å²) in [5, 5.41) is 5.63. The second kappa shape index (κ2) is 6.95. The summed E-state index contributed by atoms with van der Waals surface area (Å²) in [5.74, 6) is 0. The van der Waals surface area contributed by atoms with Crippen molar-refractivity contribution in [2.24, 2.45) is 0 Å². The molecule has 1 heterocycles. The summed E-state index contributed by atoms with van der Waals surface area (Å²) in [4.78, 5) is 14.4. The molecule has 0 aromatic heterocycles. The Morgan fingerprint density at radius 2 is 1.76 bits per heavy atom. The van der Waals surface area contributed by atoms with Gasteiger partial charge in [0.1, 0.15) is 5.60 Å². The summed E-state index contributed by atoms with van der Waals surface area (Å²) in [7, 11) is 0. The smallest absolute Gasteiger partial charge is 0.407 e. The Labute approximate surface area is 150 Å². The van der Waals surface area contributed by atoms with Crippen LogP contribution in [0.4, 0.5) is 10.5 Å². The van der Waals surface area contributed by atoms with E-state index >= 15 is 0 Å². The largest absolute Gasteiger partial charge is 0.444 e. The molecule has 0 atom stereocenters. The lowest BCUT2D eigenvalue weighted by molar-refractivity contribution is 0.0497. The lowest BCUT2D eigenvalue weighted by Crippen LogP contribution is -2.46. The van der Waals surface area contributed by atoms with Gasteiger partial charge in [0.15, 0.2) is 0 Å². The lowest BCUT2D eigenvalue weighted by atomic mass is 10.00. The number of piperidine rings is 1. The molecule has 2 aromatic rings. The molecule has 1 N–H and O–H groups in total. The van der Waals surface area contributed by atoms with Crippen molar-refractivity contribution in [2.75, 3.05) is 18.0 Å². The fourth-order valence-electron chi connectivity index (χ4n) is 3.51. The number of anilines is 1. The van der Waals surface area contributed by atoms with Crippen LogP contribution < -0.4 is 10.2 Å². The van der Waals surface area contributed by atoms with E-state index < -0.39 is 5.60 Å². The van der Waals surface area contributed by atoms with Gasteiger partial charge >= 0.3 is 6.09 Å². The van der Waals surface area contributed by atoms with Crippen LogP contribution in [0.5, 0.6) is 0 Å². The van der Waals surface area contributed by atoms with Crippen LogP contribution >= 0.6 is 0 Å². The van der Waals surface area contributed by atoms with Crippen molar-refractivity contribution in [1.82, 2.24) is 5.32 Å². The van der Waals surface area contributed by atoms with Crippen molar-refractivity contribution in [3.05, 3.63) is 42.0 Å². The number of amides is 1. The molecule has 25 heavy (non-hydrogen) atoms. The van der Waals surface area contributed by atoms with Gasteiger partial charge in [0.25, 0.3) is 0 Å². The van der Waals surface area contributed by atoms with Gasteiger partial charge in [0.05, 0.1) is 0 Å². The number of fused-ring (bicyclic) bond motifs is 1. The second-order valence-electron chi connectivity index (χ2n) is 7.86. The molecule has 1 saturated heterocycles. The molecule has 1 amide bonds. The molecule has 0 saturated carbocycles. The minimum Gasteiger partial charge on any atom is -0.444 e. The Morgan fingerprint density at radius 3 is 2.40 bits per heavy atom. The quantitative estimate of drug-likeness (QED) is 0.866. The van der Waals surface area contributed by atoms with E-state index in [1.165, 1.54) is 22.0 Å². The molecule has 4 heteroatoms. The molecule has 2 aromatic carbocycles. The monoisotopic (exact) mass is 340 g/mol. The molecule has 0 spiro atoms. The third-order valence-corrected chi connectivity index (χ3v) is 4.65. The minimum atomic E-state index is -0.453. The molecule has 134 valence electrons. The first-order valence-corrected chi connectivity index (χ1v) is 9.06.